The summed E-state index contributed by atoms with van der Waals surface area (Å²) >= 11 is 0. The van der Waals surface area contributed by atoms with E-state index in [1.807, 2.05) is 47.4 Å². The number of aliphatic hydroxyl groups excluding tert-OH is 1. The standard InChI is InChI=1S/C16H20N4O2/c21-14-8-15(18-10-14)16(22)17-7-6-12-9-19-20(11-12)13-4-2-1-3-5-13/h1-5,9,11,14-15,18,21H,6-8,10H2,(H,17,22)/t14-,15+/m1/s1. The largest absolute Gasteiger partial charge is 0.392 e. The second kappa shape index (κ2) is 6.72. The summed E-state index contributed by atoms with van der Waals surface area (Å²) in [5.41, 5.74) is 2.09. The molecule has 0 unspecified atom stereocenters. The molecule has 1 amide bonds. The fourth-order valence-electron chi connectivity index (χ4n) is 2.58. The number of carbonyl (C=O) groups excluding carboxylic acids is 1. The molecule has 2 aromatic rings. The first-order chi connectivity index (χ1) is 10.7. The predicted molar refractivity (Wildman–Crippen MR) is 82.7 cm³/mol. The molecule has 1 aromatic heterocycles. The number of hydrogen-bond acceptors (Lipinski definition) is 4. The first-order valence-electron chi connectivity index (χ1n) is 7.50. The van der Waals surface area contributed by atoms with Crippen LogP contribution >= 0.6 is 0 Å². The summed E-state index contributed by atoms with van der Waals surface area (Å²) in [4.78, 5) is 11.9. The lowest BCUT2D eigenvalue weighted by Crippen LogP contribution is -2.41. The SMILES string of the molecule is O=C(NCCc1cnn(-c2ccccc2)c1)[C@@H]1C[C@@H](O)CN1. The third-order valence-electron chi connectivity index (χ3n) is 3.79. The molecule has 0 radical (unpaired) electrons. The lowest BCUT2D eigenvalue weighted by atomic mass is 10.2. The third-order valence-corrected chi connectivity index (χ3v) is 3.79. The molecule has 3 N–H and O–H groups in total. The van der Waals surface area contributed by atoms with Gasteiger partial charge in [0.15, 0.2) is 0 Å². The molecule has 6 nitrogen and oxygen atoms in total. The molecule has 3 rings (SSSR count). The van der Waals surface area contributed by atoms with Gasteiger partial charge in [0, 0.05) is 19.3 Å². The minimum absolute atomic E-state index is 0.0491. The van der Waals surface area contributed by atoms with Crippen LogP contribution in [0.5, 0.6) is 0 Å². The second-order valence-electron chi connectivity index (χ2n) is 5.52. The monoisotopic (exact) mass is 300 g/mol. The Kier molecular flexibility index (Phi) is 4.50. The van der Waals surface area contributed by atoms with Crippen molar-refractivity contribution in [1.82, 2.24) is 20.4 Å². The van der Waals surface area contributed by atoms with Crippen LogP contribution < -0.4 is 10.6 Å². The summed E-state index contributed by atoms with van der Waals surface area (Å²) in [6, 6.07) is 9.63. The fraction of sp³-hybridized carbons (Fsp3) is 0.375. The Bertz CT molecular complexity index is 626. The van der Waals surface area contributed by atoms with Crippen molar-refractivity contribution in [3.8, 4) is 5.69 Å². The Morgan fingerprint density at radius 2 is 2.23 bits per heavy atom. The van der Waals surface area contributed by atoms with E-state index in [2.05, 4.69) is 15.7 Å². The zero-order valence-corrected chi connectivity index (χ0v) is 12.3. The number of hydrogen-bond donors (Lipinski definition) is 3. The van der Waals surface area contributed by atoms with Crippen molar-refractivity contribution >= 4 is 5.91 Å². The number of nitrogens with one attached hydrogen (secondary N) is 2. The Morgan fingerprint density at radius 1 is 1.41 bits per heavy atom. The van der Waals surface area contributed by atoms with Crippen LogP contribution in [0.2, 0.25) is 0 Å². The number of rotatable bonds is 5. The summed E-state index contributed by atoms with van der Waals surface area (Å²) < 4.78 is 1.83. The van der Waals surface area contributed by atoms with E-state index in [-0.39, 0.29) is 11.9 Å². The normalized spacial score (nSPS) is 21.0. The van der Waals surface area contributed by atoms with Crippen molar-refractivity contribution < 1.29 is 9.90 Å². The summed E-state index contributed by atoms with van der Waals surface area (Å²) in [7, 11) is 0. The lowest BCUT2D eigenvalue weighted by molar-refractivity contribution is -0.122. The van der Waals surface area contributed by atoms with E-state index >= 15 is 0 Å². The van der Waals surface area contributed by atoms with Crippen LogP contribution in [0, 0.1) is 0 Å². The molecule has 0 aliphatic carbocycles. The van der Waals surface area contributed by atoms with Gasteiger partial charge in [-0.05, 0) is 30.5 Å². The third kappa shape index (κ3) is 3.52. The molecule has 1 saturated heterocycles. The van der Waals surface area contributed by atoms with Crippen molar-refractivity contribution in [2.75, 3.05) is 13.1 Å². The molecule has 1 aliphatic rings. The first-order valence-corrected chi connectivity index (χ1v) is 7.50. The van der Waals surface area contributed by atoms with E-state index in [0.717, 1.165) is 17.7 Å². The second-order valence-corrected chi connectivity index (χ2v) is 5.52. The number of amides is 1. The van der Waals surface area contributed by atoms with Crippen LogP contribution in [0.25, 0.3) is 5.69 Å². The van der Waals surface area contributed by atoms with Crippen LogP contribution in [0.4, 0.5) is 0 Å². The Morgan fingerprint density at radius 3 is 2.95 bits per heavy atom. The molecule has 6 heteroatoms. The minimum atomic E-state index is -0.417. The molecular weight excluding hydrogens is 280 g/mol. The zero-order valence-electron chi connectivity index (χ0n) is 12.3. The molecule has 22 heavy (non-hydrogen) atoms. The molecule has 2 atom stereocenters. The first kappa shape index (κ1) is 14.7. The number of benzene rings is 1. The zero-order chi connectivity index (χ0) is 15.4. The van der Waals surface area contributed by atoms with Crippen molar-refractivity contribution in [3.05, 3.63) is 48.3 Å². The highest BCUT2D eigenvalue weighted by atomic mass is 16.3. The van der Waals surface area contributed by atoms with Crippen LogP contribution in [-0.2, 0) is 11.2 Å². The average molecular weight is 300 g/mol. The van der Waals surface area contributed by atoms with Crippen LogP contribution in [0.3, 0.4) is 0 Å². The van der Waals surface area contributed by atoms with E-state index in [9.17, 15) is 9.90 Å². The van der Waals surface area contributed by atoms with Gasteiger partial charge >= 0.3 is 0 Å². The molecule has 1 aromatic carbocycles. The van der Waals surface area contributed by atoms with Gasteiger partial charge in [0.1, 0.15) is 0 Å². The van der Waals surface area contributed by atoms with Crippen molar-refractivity contribution in [2.24, 2.45) is 0 Å². The van der Waals surface area contributed by atoms with E-state index in [0.29, 0.717) is 19.5 Å². The van der Waals surface area contributed by atoms with Crippen LogP contribution in [0.15, 0.2) is 42.7 Å². The minimum Gasteiger partial charge on any atom is -0.392 e. The number of aliphatic hydroxyl groups is 1. The smallest absolute Gasteiger partial charge is 0.237 e. The summed E-state index contributed by atoms with van der Waals surface area (Å²) in [5, 5.41) is 19.6. The van der Waals surface area contributed by atoms with Gasteiger partial charge < -0.3 is 15.7 Å². The quantitative estimate of drug-likeness (QED) is 0.740. The summed E-state index contributed by atoms with van der Waals surface area (Å²) in [6.45, 7) is 1.05. The molecular formula is C16H20N4O2. The predicted octanol–water partition coefficient (Wildman–Crippen LogP) is 0.254. The Balaban J connectivity index is 1.48. The number of para-hydroxylation sites is 1. The maximum Gasteiger partial charge on any atom is 0.237 e. The number of nitrogens with zero attached hydrogens (tertiary/aromatic N) is 2. The van der Waals surface area contributed by atoms with E-state index in [4.69, 9.17) is 0 Å². The van der Waals surface area contributed by atoms with Gasteiger partial charge in [0.2, 0.25) is 5.91 Å². The van der Waals surface area contributed by atoms with Gasteiger partial charge in [-0.3, -0.25) is 4.79 Å². The van der Waals surface area contributed by atoms with Crippen LogP contribution in [-0.4, -0.2) is 46.0 Å². The van der Waals surface area contributed by atoms with E-state index in [1.54, 1.807) is 0 Å². The maximum atomic E-state index is 11.9. The van der Waals surface area contributed by atoms with Crippen molar-refractivity contribution in [1.29, 1.82) is 0 Å². The topological polar surface area (TPSA) is 79.2 Å². The lowest BCUT2D eigenvalue weighted by Gasteiger charge is -2.10. The number of carbonyl (C=O) groups is 1. The molecule has 116 valence electrons. The van der Waals surface area contributed by atoms with Gasteiger partial charge in [-0.1, -0.05) is 18.2 Å². The van der Waals surface area contributed by atoms with Gasteiger partial charge in [-0.15, -0.1) is 0 Å². The van der Waals surface area contributed by atoms with Gasteiger partial charge in [0.05, 0.1) is 24.0 Å². The maximum absolute atomic E-state index is 11.9. The Hall–Kier alpha value is -2.18. The molecule has 0 bridgehead atoms. The fourth-order valence-corrected chi connectivity index (χ4v) is 2.58. The van der Waals surface area contributed by atoms with E-state index < -0.39 is 6.10 Å². The van der Waals surface area contributed by atoms with E-state index in [1.165, 1.54) is 0 Å². The highest BCUT2D eigenvalue weighted by Crippen LogP contribution is 2.08. The van der Waals surface area contributed by atoms with Crippen molar-refractivity contribution in [3.63, 3.8) is 0 Å². The molecule has 0 spiro atoms. The van der Waals surface area contributed by atoms with Crippen molar-refractivity contribution in [2.45, 2.75) is 25.0 Å². The average Bonchev–Trinajstić information content (AvgIpc) is 3.17. The highest BCUT2D eigenvalue weighted by Gasteiger charge is 2.27. The Labute approximate surface area is 129 Å². The van der Waals surface area contributed by atoms with Gasteiger partial charge in [-0.25, -0.2) is 4.68 Å². The molecule has 0 saturated carbocycles. The van der Waals surface area contributed by atoms with Crippen LogP contribution in [0.1, 0.15) is 12.0 Å². The molecule has 1 aliphatic heterocycles. The summed E-state index contributed by atoms with van der Waals surface area (Å²) in [6.07, 6.45) is 4.58. The molecule has 2 heterocycles. The number of β-amino-alcohol motifs (C(OH)–C–C–N with tert-alkyl or cyclic N) is 1. The summed E-state index contributed by atoms with van der Waals surface area (Å²) in [5.74, 6) is -0.0491. The molecule has 1 fully saturated rings. The van der Waals surface area contributed by atoms with Gasteiger partial charge in [-0.2, -0.15) is 5.10 Å². The highest BCUT2D eigenvalue weighted by molar-refractivity contribution is 5.82. The number of aromatic nitrogens is 2. The van der Waals surface area contributed by atoms with Gasteiger partial charge in [0.25, 0.3) is 0 Å².